The minimum absolute atomic E-state index is 0.450. The van der Waals surface area contributed by atoms with Crippen LogP contribution in [0.2, 0.25) is 5.02 Å². The molecule has 1 rings (SSSR count). The fourth-order valence-corrected chi connectivity index (χ4v) is 3.21. The van der Waals surface area contributed by atoms with Gasteiger partial charge in [0, 0.05) is 23.5 Å². The molecule has 108 valence electrons. The van der Waals surface area contributed by atoms with Gasteiger partial charge in [-0.1, -0.05) is 25.4 Å². The maximum atomic E-state index is 11.4. The van der Waals surface area contributed by atoms with Gasteiger partial charge < -0.3 is 16.4 Å². The molecule has 0 radical (unpaired) electrons. The summed E-state index contributed by atoms with van der Waals surface area (Å²) in [4.78, 5) is 12.9. The molecule has 0 fully saturated rings. The summed E-state index contributed by atoms with van der Waals surface area (Å²) in [6.07, 6.45) is 2.14. The Morgan fingerprint density at radius 1 is 1.21 bits per heavy atom. The largest absolute Gasteiger partial charge is 0.365 e. The molecule has 0 bridgehead atoms. The first-order chi connectivity index (χ1) is 9.11. The average Bonchev–Trinajstić information content (AvgIpc) is 2.68. The van der Waals surface area contributed by atoms with Crippen LogP contribution in [0.1, 0.15) is 46.8 Å². The van der Waals surface area contributed by atoms with E-state index in [2.05, 4.69) is 24.5 Å². The number of thiophene rings is 1. The molecule has 6 heteroatoms. The van der Waals surface area contributed by atoms with E-state index < -0.39 is 5.91 Å². The summed E-state index contributed by atoms with van der Waals surface area (Å²) >= 11 is 7.65. The third-order valence-corrected chi connectivity index (χ3v) is 4.47. The summed E-state index contributed by atoms with van der Waals surface area (Å²) in [5, 5.41) is 7.16. The average molecular weight is 304 g/mol. The first kappa shape index (κ1) is 16.4. The predicted octanol–water partition coefficient (Wildman–Crippen LogP) is 2.50. The summed E-state index contributed by atoms with van der Waals surface area (Å²) in [5.41, 5.74) is 6.35. The number of primary amides is 1. The van der Waals surface area contributed by atoms with Gasteiger partial charge in [0.25, 0.3) is 5.91 Å². The summed E-state index contributed by atoms with van der Waals surface area (Å²) in [6, 6.07) is 0. The molecule has 1 aromatic heterocycles. The first-order valence-electron chi connectivity index (χ1n) is 6.63. The van der Waals surface area contributed by atoms with E-state index >= 15 is 0 Å². The van der Waals surface area contributed by atoms with Crippen molar-refractivity contribution in [2.75, 3.05) is 13.1 Å². The Hall–Kier alpha value is -0.620. The van der Waals surface area contributed by atoms with Crippen molar-refractivity contribution in [2.45, 2.75) is 39.8 Å². The Labute approximate surface area is 123 Å². The Kier molecular flexibility index (Phi) is 7.38. The molecular weight excluding hydrogens is 282 g/mol. The van der Waals surface area contributed by atoms with E-state index in [1.54, 1.807) is 0 Å². The molecule has 4 nitrogen and oxygen atoms in total. The van der Waals surface area contributed by atoms with Crippen molar-refractivity contribution < 1.29 is 4.79 Å². The molecular formula is C13H22ClN3OS. The molecule has 1 heterocycles. The maximum Gasteiger partial charge on any atom is 0.260 e. The molecule has 0 atom stereocenters. The Balaban J connectivity index is 2.85. The highest BCUT2D eigenvalue weighted by Gasteiger charge is 2.19. The summed E-state index contributed by atoms with van der Waals surface area (Å²) < 4.78 is 0. The minimum Gasteiger partial charge on any atom is -0.365 e. The number of carbonyl (C=O) groups excluding carboxylic acids is 1. The molecule has 0 aliphatic rings. The summed E-state index contributed by atoms with van der Waals surface area (Å²) in [7, 11) is 0. The molecule has 1 amide bonds. The number of amides is 1. The van der Waals surface area contributed by atoms with Crippen LogP contribution in [0.25, 0.3) is 0 Å². The zero-order chi connectivity index (χ0) is 14.3. The lowest BCUT2D eigenvalue weighted by molar-refractivity contribution is 0.100. The molecule has 0 aromatic carbocycles. The molecule has 0 saturated heterocycles. The predicted molar refractivity (Wildman–Crippen MR) is 81.8 cm³/mol. The third kappa shape index (κ3) is 4.76. The summed E-state index contributed by atoms with van der Waals surface area (Å²) in [5.74, 6) is -0.450. The summed E-state index contributed by atoms with van der Waals surface area (Å²) in [6.45, 7) is 7.52. The van der Waals surface area contributed by atoms with Crippen LogP contribution in [-0.4, -0.2) is 19.0 Å². The van der Waals surface area contributed by atoms with Crippen LogP contribution in [0.15, 0.2) is 0 Å². The standard InChI is InChI=1S/C13H22ClN3OS/c1-3-5-16-7-9-10(8-17-6-4-2)19-12(11(9)14)13(15)18/h16-17H,3-8H2,1-2H3,(H2,15,18). The lowest BCUT2D eigenvalue weighted by Gasteiger charge is -2.07. The van der Waals surface area contributed by atoms with Gasteiger partial charge in [-0.2, -0.15) is 0 Å². The van der Waals surface area contributed by atoms with Crippen molar-refractivity contribution in [3.8, 4) is 0 Å². The van der Waals surface area contributed by atoms with Gasteiger partial charge >= 0.3 is 0 Å². The molecule has 0 aliphatic carbocycles. The van der Waals surface area contributed by atoms with Gasteiger partial charge in [-0.15, -0.1) is 11.3 Å². The van der Waals surface area contributed by atoms with E-state index in [-0.39, 0.29) is 0 Å². The highest BCUT2D eigenvalue weighted by Crippen LogP contribution is 2.32. The van der Waals surface area contributed by atoms with Crippen LogP contribution in [0, 0.1) is 0 Å². The van der Waals surface area contributed by atoms with Crippen LogP contribution in [0.3, 0.4) is 0 Å². The van der Waals surface area contributed by atoms with Gasteiger partial charge in [-0.05, 0) is 25.9 Å². The van der Waals surface area contributed by atoms with Crippen molar-refractivity contribution in [3.63, 3.8) is 0 Å². The fourth-order valence-electron chi connectivity index (χ4n) is 1.74. The minimum atomic E-state index is -0.450. The van der Waals surface area contributed by atoms with Crippen LogP contribution in [0.4, 0.5) is 0 Å². The normalized spacial score (nSPS) is 10.9. The second-order valence-corrected chi connectivity index (χ2v) is 5.85. The second kappa shape index (κ2) is 8.53. The van der Waals surface area contributed by atoms with Crippen molar-refractivity contribution in [1.82, 2.24) is 10.6 Å². The lowest BCUT2D eigenvalue weighted by Crippen LogP contribution is -2.17. The number of rotatable bonds is 9. The number of nitrogens with two attached hydrogens (primary N) is 1. The van der Waals surface area contributed by atoms with Gasteiger partial charge in [0.15, 0.2) is 0 Å². The van der Waals surface area contributed by atoms with Crippen LogP contribution in [0.5, 0.6) is 0 Å². The second-order valence-electron chi connectivity index (χ2n) is 4.36. The van der Waals surface area contributed by atoms with Crippen molar-refractivity contribution >= 4 is 28.8 Å². The topological polar surface area (TPSA) is 67.1 Å². The highest BCUT2D eigenvalue weighted by atomic mass is 35.5. The molecule has 0 saturated carbocycles. The van der Waals surface area contributed by atoms with Crippen LogP contribution >= 0.6 is 22.9 Å². The smallest absolute Gasteiger partial charge is 0.260 e. The SMILES string of the molecule is CCCNCc1sc(C(N)=O)c(Cl)c1CNCCC. The van der Waals surface area contributed by atoms with Crippen LogP contribution in [-0.2, 0) is 13.1 Å². The number of nitrogens with one attached hydrogen (secondary N) is 2. The Bertz CT molecular complexity index is 420. The van der Waals surface area contributed by atoms with E-state index in [4.69, 9.17) is 17.3 Å². The van der Waals surface area contributed by atoms with Crippen LogP contribution < -0.4 is 16.4 Å². The van der Waals surface area contributed by atoms with Gasteiger partial charge in [0.2, 0.25) is 0 Å². The van der Waals surface area contributed by atoms with Crippen molar-refractivity contribution in [3.05, 3.63) is 20.3 Å². The fraction of sp³-hybridized carbons (Fsp3) is 0.615. The molecule has 4 N–H and O–H groups in total. The van der Waals surface area contributed by atoms with Gasteiger partial charge in [-0.3, -0.25) is 4.79 Å². The molecule has 0 unspecified atom stereocenters. The lowest BCUT2D eigenvalue weighted by atomic mass is 10.2. The van der Waals surface area contributed by atoms with Gasteiger partial charge in [0.1, 0.15) is 4.88 Å². The van der Waals surface area contributed by atoms with Gasteiger partial charge in [-0.25, -0.2) is 0 Å². The highest BCUT2D eigenvalue weighted by molar-refractivity contribution is 7.14. The third-order valence-electron chi connectivity index (χ3n) is 2.69. The van der Waals surface area contributed by atoms with Crippen molar-refractivity contribution in [1.29, 1.82) is 0 Å². The van der Waals surface area contributed by atoms with Gasteiger partial charge in [0.05, 0.1) is 5.02 Å². The van der Waals surface area contributed by atoms with Crippen molar-refractivity contribution in [2.24, 2.45) is 5.73 Å². The molecule has 1 aromatic rings. The monoisotopic (exact) mass is 303 g/mol. The van der Waals surface area contributed by atoms with E-state index in [1.807, 2.05) is 0 Å². The van der Waals surface area contributed by atoms with E-state index in [1.165, 1.54) is 11.3 Å². The maximum absolute atomic E-state index is 11.4. The number of halogens is 1. The zero-order valence-corrected chi connectivity index (χ0v) is 13.1. The van der Waals surface area contributed by atoms with E-state index in [9.17, 15) is 4.79 Å². The Morgan fingerprint density at radius 2 is 1.79 bits per heavy atom. The van der Waals surface area contributed by atoms with E-state index in [0.717, 1.165) is 42.9 Å². The molecule has 0 aliphatic heterocycles. The quantitative estimate of drug-likeness (QED) is 0.614. The molecule has 0 spiro atoms. The Morgan fingerprint density at radius 3 is 2.32 bits per heavy atom. The number of carbonyl (C=O) groups is 1. The number of hydrogen-bond donors (Lipinski definition) is 3. The first-order valence-corrected chi connectivity index (χ1v) is 7.82. The zero-order valence-electron chi connectivity index (χ0n) is 11.5. The molecule has 19 heavy (non-hydrogen) atoms. The number of hydrogen-bond acceptors (Lipinski definition) is 4. The van der Waals surface area contributed by atoms with E-state index in [0.29, 0.717) is 16.4 Å².